The van der Waals surface area contributed by atoms with Crippen LogP contribution in [0.15, 0.2) is 48.8 Å². The van der Waals surface area contributed by atoms with Crippen LogP contribution in [0.5, 0.6) is 0 Å². The summed E-state index contributed by atoms with van der Waals surface area (Å²) >= 11 is 0. The number of pyridine rings is 1. The van der Waals surface area contributed by atoms with E-state index < -0.39 is 71.1 Å². The molecule has 10 nitrogen and oxygen atoms in total. The lowest BCUT2D eigenvalue weighted by atomic mass is 9.72. The first-order valence-corrected chi connectivity index (χ1v) is 17.7. The molecule has 0 aromatic carbocycles. The number of hydrogen-bond acceptors (Lipinski definition) is 10. The molecular formula is C39H59NO9. The van der Waals surface area contributed by atoms with Gasteiger partial charge in [-0.1, -0.05) is 81.0 Å². The van der Waals surface area contributed by atoms with Gasteiger partial charge in [-0.05, 0) is 48.3 Å². The monoisotopic (exact) mass is 685 g/mol. The number of nitrogens with zero attached hydrogens (tertiary/aromatic N) is 1. The van der Waals surface area contributed by atoms with Crippen LogP contribution in [-0.4, -0.2) is 83.8 Å². The van der Waals surface area contributed by atoms with Crippen LogP contribution in [0, 0.1) is 35.0 Å². The Hall–Kier alpha value is -2.92. The van der Waals surface area contributed by atoms with Crippen LogP contribution in [0.2, 0.25) is 0 Å². The van der Waals surface area contributed by atoms with E-state index in [0.717, 1.165) is 0 Å². The number of carbonyl (C=O) groups excluding carboxylic acids is 3. The molecule has 1 saturated carbocycles. The van der Waals surface area contributed by atoms with E-state index in [4.69, 9.17) is 23.7 Å². The molecule has 10 heteroatoms. The number of aliphatic hydroxyl groups is 1. The summed E-state index contributed by atoms with van der Waals surface area (Å²) in [5.41, 5.74) is -2.29. The number of ether oxygens (including phenoxy) is 5. The van der Waals surface area contributed by atoms with Gasteiger partial charge in [-0.15, -0.1) is 0 Å². The van der Waals surface area contributed by atoms with Crippen molar-refractivity contribution in [3.8, 4) is 0 Å². The quantitative estimate of drug-likeness (QED) is 0.202. The van der Waals surface area contributed by atoms with Crippen molar-refractivity contribution in [1.82, 2.24) is 4.98 Å². The molecule has 2 aliphatic carbocycles. The first-order valence-electron chi connectivity index (χ1n) is 17.7. The Kier molecular flexibility index (Phi) is 14.3. The van der Waals surface area contributed by atoms with Crippen molar-refractivity contribution < 1.29 is 43.2 Å². The first kappa shape index (κ1) is 40.5. The van der Waals surface area contributed by atoms with Gasteiger partial charge >= 0.3 is 11.9 Å². The first-order chi connectivity index (χ1) is 22.9. The summed E-state index contributed by atoms with van der Waals surface area (Å²) in [4.78, 5) is 45.1. The minimum atomic E-state index is -1.91. The molecule has 1 N–H and O–H groups in total. The lowest BCUT2D eigenvalue weighted by molar-refractivity contribution is -0.173. The molecule has 0 amide bonds. The van der Waals surface area contributed by atoms with Crippen molar-refractivity contribution in [3.05, 3.63) is 54.4 Å². The van der Waals surface area contributed by atoms with E-state index in [1.165, 1.54) is 13.1 Å². The van der Waals surface area contributed by atoms with Crippen molar-refractivity contribution in [2.45, 2.75) is 118 Å². The van der Waals surface area contributed by atoms with Gasteiger partial charge in [0.15, 0.2) is 5.78 Å². The van der Waals surface area contributed by atoms with Crippen molar-refractivity contribution in [1.29, 1.82) is 0 Å². The van der Waals surface area contributed by atoms with Gasteiger partial charge in [0.1, 0.15) is 30.0 Å². The topological polar surface area (TPSA) is 130 Å². The third-order valence-electron chi connectivity index (χ3n) is 9.31. The fourth-order valence-electron chi connectivity index (χ4n) is 6.92. The molecule has 9 atom stereocenters. The summed E-state index contributed by atoms with van der Waals surface area (Å²) in [6, 6.07) is 3.28. The Labute approximate surface area is 293 Å². The van der Waals surface area contributed by atoms with Crippen molar-refractivity contribution in [2.75, 3.05) is 19.8 Å². The molecule has 274 valence electrons. The summed E-state index contributed by atoms with van der Waals surface area (Å²) in [7, 11) is 0. The largest absolute Gasteiger partial charge is 0.457 e. The van der Waals surface area contributed by atoms with Gasteiger partial charge in [0.05, 0.1) is 17.6 Å². The van der Waals surface area contributed by atoms with E-state index in [9.17, 15) is 19.5 Å². The SMILES string of the molecule is C=C1C(OC(C)=O)[C@H]2[C@@H](OCCC)C(C)C[C@]2(O)C(=O)[C@H](C)/C=C\C(C)(C)C(OC(=O)c2cccnc2)[C@H](OCC(C)C)[C@H]1OCC(C)C. The van der Waals surface area contributed by atoms with Gasteiger partial charge in [0.25, 0.3) is 0 Å². The molecule has 1 heterocycles. The maximum Gasteiger partial charge on any atom is 0.340 e. The molecule has 2 aliphatic rings. The van der Waals surface area contributed by atoms with Crippen LogP contribution in [-0.2, 0) is 33.3 Å². The van der Waals surface area contributed by atoms with Gasteiger partial charge in [0, 0.05) is 50.5 Å². The van der Waals surface area contributed by atoms with Crippen LogP contribution < -0.4 is 0 Å². The van der Waals surface area contributed by atoms with E-state index in [1.807, 2.05) is 61.5 Å². The average molecular weight is 686 g/mol. The van der Waals surface area contributed by atoms with Gasteiger partial charge in [-0.25, -0.2) is 4.79 Å². The Morgan fingerprint density at radius 1 is 1.02 bits per heavy atom. The molecule has 1 aromatic heterocycles. The fraction of sp³-hybridized carbons (Fsp3) is 0.692. The van der Waals surface area contributed by atoms with E-state index in [1.54, 1.807) is 31.3 Å². The zero-order valence-electron chi connectivity index (χ0n) is 31.1. The Bertz CT molecular complexity index is 1310. The molecule has 3 unspecified atom stereocenters. The molecular weight excluding hydrogens is 626 g/mol. The Balaban J connectivity index is 2.36. The third kappa shape index (κ3) is 9.87. The predicted octanol–water partition coefficient (Wildman–Crippen LogP) is 6.16. The zero-order chi connectivity index (χ0) is 36.7. The molecule has 0 bridgehead atoms. The smallest absolute Gasteiger partial charge is 0.340 e. The molecule has 0 saturated heterocycles. The summed E-state index contributed by atoms with van der Waals surface area (Å²) < 4.78 is 32.1. The second-order valence-electron chi connectivity index (χ2n) is 15.3. The predicted molar refractivity (Wildman–Crippen MR) is 187 cm³/mol. The van der Waals surface area contributed by atoms with Crippen LogP contribution in [0.4, 0.5) is 0 Å². The Morgan fingerprint density at radius 2 is 1.67 bits per heavy atom. The van der Waals surface area contributed by atoms with Gasteiger partial charge < -0.3 is 28.8 Å². The standard InChI is InChI=1S/C39H59NO9/c1-12-18-45-31-26(7)19-39(44)30(31)32(48-28(9)41)27(8)33(46-21-23(2)3)34(47-22-24(4)5)36(38(10,11)16-15-25(6)35(39)42)49-37(43)29-14-13-17-40-20-29/h13-17,20,23-26,30-34,36,44H,8,12,18-19,21-22H2,1-7,9-11H3/b16-15-/t25-,26?,30-,31+,32?,33+,34-,36?,39-/m1/s1. The maximum atomic E-state index is 14.4. The molecule has 1 fully saturated rings. The number of esters is 2. The summed E-state index contributed by atoms with van der Waals surface area (Å²) in [6.07, 6.45) is 2.68. The summed E-state index contributed by atoms with van der Waals surface area (Å²) in [5.74, 6) is -3.43. The summed E-state index contributed by atoms with van der Waals surface area (Å²) in [5, 5.41) is 12.5. The zero-order valence-corrected chi connectivity index (χ0v) is 31.1. The number of hydrogen-bond donors (Lipinski definition) is 1. The number of rotatable bonds is 12. The molecule has 49 heavy (non-hydrogen) atoms. The van der Waals surface area contributed by atoms with Gasteiger partial charge in [-0.3, -0.25) is 14.6 Å². The highest BCUT2D eigenvalue weighted by Gasteiger charge is 2.62. The highest BCUT2D eigenvalue weighted by Crippen LogP contribution is 2.49. The second kappa shape index (κ2) is 17.3. The molecule has 0 radical (unpaired) electrons. The third-order valence-corrected chi connectivity index (χ3v) is 9.31. The lowest BCUT2D eigenvalue weighted by Gasteiger charge is -2.45. The number of fused-ring (bicyclic) bond motifs is 1. The number of carbonyl (C=O) groups is 3. The van der Waals surface area contributed by atoms with E-state index in [2.05, 4.69) is 11.6 Å². The second-order valence-corrected chi connectivity index (χ2v) is 15.3. The number of Topliss-reactive ketones (excluding diaryl/α,β-unsaturated/α-hetero) is 1. The van der Waals surface area contributed by atoms with Crippen molar-refractivity contribution in [2.24, 2.45) is 35.0 Å². The van der Waals surface area contributed by atoms with E-state index in [0.29, 0.717) is 19.6 Å². The van der Waals surface area contributed by atoms with E-state index >= 15 is 0 Å². The normalized spacial score (nSPS) is 32.7. The number of aromatic nitrogens is 1. The highest BCUT2D eigenvalue weighted by atomic mass is 16.6. The molecule has 0 spiro atoms. The molecule has 3 rings (SSSR count). The van der Waals surface area contributed by atoms with Crippen LogP contribution in [0.3, 0.4) is 0 Å². The van der Waals surface area contributed by atoms with Crippen molar-refractivity contribution in [3.63, 3.8) is 0 Å². The summed E-state index contributed by atoms with van der Waals surface area (Å²) in [6.45, 7) is 24.2. The number of allylic oxidation sites excluding steroid dienone is 1. The minimum Gasteiger partial charge on any atom is -0.457 e. The average Bonchev–Trinajstić information content (AvgIpc) is 3.30. The molecule has 0 aliphatic heterocycles. The lowest BCUT2D eigenvalue weighted by Crippen LogP contribution is -2.57. The molecule has 1 aromatic rings. The highest BCUT2D eigenvalue weighted by molar-refractivity contribution is 5.91. The maximum absolute atomic E-state index is 14.4. The van der Waals surface area contributed by atoms with Crippen LogP contribution >= 0.6 is 0 Å². The van der Waals surface area contributed by atoms with Gasteiger partial charge in [0.2, 0.25) is 0 Å². The fourth-order valence-corrected chi connectivity index (χ4v) is 6.92. The number of ketones is 1. The minimum absolute atomic E-state index is 0.0860. The van der Waals surface area contributed by atoms with Crippen LogP contribution in [0.25, 0.3) is 0 Å². The van der Waals surface area contributed by atoms with E-state index in [-0.39, 0.29) is 41.9 Å². The van der Waals surface area contributed by atoms with Crippen molar-refractivity contribution >= 4 is 17.7 Å². The Morgan fingerprint density at radius 3 is 2.24 bits per heavy atom. The van der Waals surface area contributed by atoms with Crippen LogP contribution in [0.1, 0.15) is 92.4 Å². The van der Waals surface area contributed by atoms with Gasteiger partial charge in [-0.2, -0.15) is 0 Å².